The first-order valence-corrected chi connectivity index (χ1v) is 5.89. The molecule has 0 atom stereocenters. The summed E-state index contributed by atoms with van der Waals surface area (Å²) in [6.45, 7) is 3.97. The van der Waals surface area contributed by atoms with E-state index in [2.05, 4.69) is 11.6 Å². The molecule has 0 aliphatic carbocycles. The van der Waals surface area contributed by atoms with Crippen LogP contribution >= 0.6 is 0 Å². The molecule has 0 aliphatic heterocycles. The highest BCUT2D eigenvalue weighted by Gasteiger charge is 2.06. The van der Waals surface area contributed by atoms with Gasteiger partial charge in [0.25, 0.3) is 0 Å². The molecule has 0 fully saturated rings. The minimum absolute atomic E-state index is 0.374. The Morgan fingerprint density at radius 1 is 1.32 bits per heavy atom. The Kier molecular flexibility index (Phi) is 4.03. The third-order valence-corrected chi connectivity index (χ3v) is 2.59. The van der Waals surface area contributed by atoms with Gasteiger partial charge in [0.1, 0.15) is 12.4 Å². The monoisotopic (exact) mass is 256 g/mol. The third kappa shape index (κ3) is 3.04. The van der Waals surface area contributed by atoms with E-state index >= 15 is 0 Å². The molecule has 2 rings (SSSR count). The van der Waals surface area contributed by atoms with Crippen LogP contribution in [0.3, 0.4) is 0 Å². The number of ether oxygens (including phenoxy) is 2. The summed E-state index contributed by atoms with van der Waals surface area (Å²) in [5.41, 5.74) is 8.06. The number of hydrogen-bond donors (Lipinski definition) is 1. The van der Waals surface area contributed by atoms with Crippen molar-refractivity contribution < 1.29 is 9.47 Å². The summed E-state index contributed by atoms with van der Waals surface area (Å²) >= 11 is 0. The molecule has 4 heteroatoms. The smallest absolute Gasteiger partial charge is 0.238 e. The van der Waals surface area contributed by atoms with E-state index in [1.54, 1.807) is 19.3 Å². The Bertz CT molecular complexity index is 582. The molecule has 0 saturated heterocycles. The zero-order valence-corrected chi connectivity index (χ0v) is 10.8. The number of benzene rings is 1. The van der Waals surface area contributed by atoms with Gasteiger partial charge >= 0.3 is 0 Å². The second kappa shape index (κ2) is 5.91. The maximum atomic E-state index is 5.82. The SMILES string of the molecule is C=CCOc1nc(-c2cccc(OC)c2)ccc1N. The summed E-state index contributed by atoms with van der Waals surface area (Å²) in [7, 11) is 1.63. The number of nitrogens with two attached hydrogens (primary N) is 1. The van der Waals surface area contributed by atoms with Crippen molar-refractivity contribution in [1.29, 1.82) is 0 Å². The van der Waals surface area contributed by atoms with Gasteiger partial charge in [0.2, 0.25) is 5.88 Å². The van der Waals surface area contributed by atoms with E-state index < -0.39 is 0 Å². The number of hydrogen-bond acceptors (Lipinski definition) is 4. The topological polar surface area (TPSA) is 57.4 Å². The van der Waals surface area contributed by atoms with Gasteiger partial charge in [-0.15, -0.1) is 0 Å². The Morgan fingerprint density at radius 2 is 2.16 bits per heavy atom. The maximum Gasteiger partial charge on any atom is 0.238 e. The lowest BCUT2D eigenvalue weighted by Crippen LogP contribution is -2.01. The van der Waals surface area contributed by atoms with Crippen LogP contribution in [-0.2, 0) is 0 Å². The lowest BCUT2D eigenvalue weighted by Gasteiger charge is -2.09. The largest absolute Gasteiger partial charge is 0.497 e. The molecule has 1 aromatic heterocycles. The van der Waals surface area contributed by atoms with E-state index in [0.717, 1.165) is 17.0 Å². The number of anilines is 1. The minimum atomic E-state index is 0.374. The highest BCUT2D eigenvalue weighted by atomic mass is 16.5. The van der Waals surface area contributed by atoms with Crippen molar-refractivity contribution in [3.05, 3.63) is 49.1 Å². The molecule has 0 unspecified atom stereocenters. The number of methoxy groups -OCH3 is 1. The van der Waals surface area contributed by atoms with Gasteiger partial charge in [-0.25, -0.2) is 4.98 Å². The second-order valence-corrected chi connectivity index (χ2v) is 3.92. The molecular weight excluding hydrogens is 240 g/mol. The fourth-order valence-electron chi connectivity index (χ4n) is 1.65. The summed E-state index contributed by atoms with van der Waals surface area (Å²) < 4.78 is 10.6. The van der Waals surface area contributed by atoms with Crippen LogP contribution in [0.1, 0.15) is 0 Å². The van der Waals surface area contributed by atoms with Gasteiger partial charge in [-0.3, -0.25) is 0 Å². The highest BCUT2D eigenvalue weighted by molar-refractivity contribution is 5.65. The molecule has 19 heavy (non-hydrogen) atoms. The first-order chi connectivity index (χ1) is 9.24. The Labute approximate surface area is 112 Å². The lowest BCUT2D eigenvalue weighted by molar-refractivity contribution is 0.351. The third-order valence-electron chi connectivity index (χ3n) is 2.59. The van der Waals surface area contributed by atoms with Gasteiger partial charge in [0, 0.05) is 5.56 Å². The predicted molar refractivity (Wildman–Crippen MR) is 76.3 cm³/mol. The van der Waals surface area contributed by atoms with Gasteiger partial charge in [-0.1, -0.05) is 24.8 Å². The fourth-order valence-corrected chi connectivity index (χ4v) is 1.65. The van der Waals surface area contributed by atoms with Gasteiger partial charge in [0.05, 0.1) is 18.5 Å². The zero-order valence-electron chi connectivity index (χ0n) is 10.8. The van der Waals surface area contributed by atoms with Crippen molar-refractivity contribution in [2.24, 2.45) is 0 Å². The predicted octanol–water partition coefficient (Wildman–Crippen LogP) is 2.90. The molecule has 0 radical (unpaired) electrons. The van der Waals surface area contributed by atoms with Crippen LogP contribution in [0.15, 0.2) is 49.1 Å². The molecule has 2 aromatic rings. The normalized spacial score (nSPS) is 9.95. The molecule has 98 valence electrons. The van der Waals surface area contributed by atoms with Crippen LogP contribution in [0, 0.1) is 0 Å². The van der Waals surface area contributed by atoms with Crippen LogP contribution in [0.2, 0.25) is 0 Å². The molecule has 1 aromatic carbocycles. The van der Waals surface area contributed by atoms with Gasteiger partial charge in [0.15, 0.2) is 0 Å². The Hall–Kier alpha value is -2.49. The van der Waals surface area contributed by atoms with E-state index in [9.17, 15) is 0 Å². The molecule has 0 saturated carbocycles. The standard InChI is InChI=1S/C15H16N2O2/c1-3-9-19-15-13(16)7-8-14(17-15)11-5-4-6-12(10-11)18-2/h3-8,10H,1,9,16H2,2H3. The van der Waals surface area contributed by atoms with E-state index in [-0.39, 0.29) is 0 Å². The van der Waals surface area contributed by atoms with Gasteiger partial charge < -0.3 is 15.2 Å². The number of pyridine rings is 1. The fraction of sp³-hybridized carbons (Fsp3) is 0.133. The van der Waals surface area contributed by atoms with Crippen LogP contribution < -0.4 is 15.2 Å². The Balaban J connectivity index is 2.36. The van der Waals surface area contributed by atoms with E-state index in [0.29, 0.717) is 18.2 Å². The zero-order chi connectivity index (χ0) is 13.7. The average Bonchev–Trinajstić information content (AvgIpc) is 2.46. The molecule has 4 nitrogen and oxygen atoms in total. The van der Waals surface area contributed by atoms with E-state index in [1.807, 2.05) is 30.3 Å². The summed E-state index contributed by atoms with van der Waals surface area (Å²) in [6, 6.07) is 11.3. The maximum absolute atomic E-state index is 5.82. The number of rotatable bonds is 5. The van der Waals surface area contributed by atoms with Crippen molar-refractivity contribution >= 4 is 5.69 Å². The van der Waals surface area contributed by atoms with Crippen molar-refractivity contribution in [2.45, 2.75) is 0 Å². The Morgan fingerprint density at radius 3 is 2.89 bits per heavy atom. The lowest BCUT2D eigenvalue weighted by atomic mass is 10.1. The summed E-state index contributed by atoms with van der Waals surface area (Å²) in [5.74, 6) is 1.20. The van der Waals surface area contributed by atoms with Crippen LogP contribution in [-0.4, -0.2) is 18.7 Å². The van der Waals surface area contributed by atoms with Crippen molar-refractivity contribution in [3.63, 3.8) is 0 Å². The molecule has 0 spiro atoms. The molecular formula is C15H16N2O2. The molecule has 0 aliphatic rings. The average molecular weight is 256 g/mol. The van der Waals surface area contributed by atoms with Crippen molar-refractivity contribution in [2.75, 3.05) is 19.5 Å². The van der Waals surface area contributed by atoms with Crippen molar-refractivity contribution in [3.8, 4) is 22.9 Å². The number of nitrogens with zero attached hydrogens (tertiary/aromatic N) is 1. The van der Waals surface area contributed by atoms with Crippen LogP contribution in [0.4, 0.5) is 5.69 Å². The van der Waals surface area contributed by atoms with Gasteiger partial charge in [-0.05, 0) is 24.3 Å². The molecule has 0 amide bonds. The first kappa shape index (κ1) is 13.0. The van der Waals surface area contributed by atoms with E-state index in [4.69, 9.17) is 15.2 Å². The second-order valence-electron chi connectivity index (χ2n) is 3.92. The molecule has 0 bridgehead atoms. The van der Waals surface area contributed by atoms with Crippen molar-refractivity contribution in [1.82, 2.24) is 4.98 Å². The summed E-state index contributed by atoms with van der Waals surface area (Å²) in [6.07, 6.45) is 1.65. The van der Waals surface area contributed by atoms with E-state index in [1.165, 1.54) is 0 Å². The summed E-state index contributed by atoms with van der Waals surface area (Å²) in [4.78, 5) is 4.40. The summed E-state index contributed by atoms with van der Waals surface area (Å²) in [5, 5.41) is 0. The highest BCUT2D eigenvalue weighted by Crippen LogP contribution is 2.27. The minimum Gasteiger partial charge on any atom is -0.497 e. The van der Waals surface area contributed by atoms with Gasteiger partial charge in [-0.2, -0.15) is 0 Å². The number of nitrogen functional groups attached to an aromatic ring is 1. The quantitative estimate of drug-likeness (QED) is 0.836. The van der Waals surface area contributed by atoms with Crippen LogP contribution in [0.5, 0.6) is 11.6 Å². The molecule has 1 heterocycles. The van der Waals surface area contributed by atoms with Crippen LogP contribution in [0.25, 0.3) is 11.3 Å². The first-order valence-electron chi connectivity index (χ1n) is 5.89. The number of aromatic nitrogens is 1. The molecule has 2 N–H and O–H groups in total.